The number of hydrogen-bond acceptors (Lipinski definition) is 2. The van der Waals surface area contributed by atoms with Crippen molar-refractivity contribution in [1.29, 1.82) is 0 Å². The summed E-state index contributed by atoms with van der Waals surface area (Å²) in [5.74, 6) is -0.335. The lowest BCUT2D eigenvalue weighted by Gasteiger charge is -2.18. The van der Waals surface area contributed by atoms with E-state index in [1.165, 1.54) is 0 Å². The molecule has 1 fully saturated rings. The molecule has 0 heterocycles. The second-order valence-electron chi connectivity index (χ2n) is 3.55. The van der Waals surface area contributed by atoms with Crippen LogP contribution in [0.4, 0.5) is 0 Å². The summed E-state index contributed by atoms with van der Waals surface area (Å²) in [5.41, 5.74) is 0. The summed E-state index contributed by atoms with van der Waals surface area (Å²) >= 11 is 0. The Hall–Kier alpha value is -0.570. The molecule has 1 saturated carbocycles. The van der Waals surface area contributed by atoms with Crippen LogP contribution in [0, 0.1) is 11.8 Å². The summed E-state index contributed by atoms with van der Waals surface area (Å²) in [6, 6.07) is 0.399. The Morgan fingerprint density at radius 1 is 1.64 bits per heavy atom. The highest BCUT2D eigenvalue weighted by molar-refractivity contribution is 5.73. The fourth-order valence-electron chi connectivity index (χ4n) is 1.41. The van der Waals surface area contributed by atoms with E-state index in [0.717, 1.165) is 6.42 Å². The van der Waals surface area contributed by atoms with Gasteiger partial charge in [-0.25, -0.2) is 0 Å². The van der Waals surface area contributed by atoms with Crippen molar-refractivity contribution >= 4 is 5.97 Å². The zero-order valence-corrected chi connectivity index (χ0v) is 7.24. The van der Waals surface area contributed by atoms with E-state index in [0.29, 0.717) is 12.0 Å². The van der Waals surface area contributed by atoms with Crippen LogP contribution >= 0.6 is 0 Å². The van der Waals surface area contributed by atoms with E-state index in [-0.39, 0.29) is 5.92 Å². The number of carboxylic acids is 1. The molecule has 0 aliphatic heterocycles. The third kappa shape index (κ3) is 1.71. The van der Waals surface area contributed by atoms with Crippen molar-refractivity contribution in [3.8, 4) is 0 Å². The van der Waals surface area contributed by atoms with Gasteiger partial charge in [-0.05, 0) is 33.4 Å². The second kappa shape index (κ2) is 2.81. The van der Waals surface area contributed by atoms with Gasteiger partial charge in [0.25, 0.3) is 0 Å². The van der Waals surface area contributed by atoms with Gasteiger partial charge >= 0.3 is 5.97 Å². The zero-order valence-electron chi connectivity index (χ0n) is 7.24. The molecule has 11 heavy (non-hydrogen) atoms. The molecule has 1 rings (SSSR count). The summed E-state index contributed by atoms with van der Waals surface area (Å²) in [6.45, 7) is 2.08. The molecule has 3 nitrogen and oxygen atoms in total. The quantitative estimate of drug-likeness (QED) is 0.654. The van der Waals surface area contributed by atoms with Crippen molar-refractivity contribution in [3.63, 3.8) is 0 Å². The maximum atomic E-state index is 10.5. The molecule has 1 N–H and O–H groups in total. The molecular formula is C8H15NO2. The molecule has 3 heteroatoms. The monoisotopic (exact) mass is 157 g/mol. The fraction of sp³-hybridized carbons (Fsp3) is 0.875. The van der Waals surface area contributed by atoms with Crippen molar-refractivity contribution in [1.82, 2.24) is 4.90 Å². The summed E-state index contributed by atoms with van der Waals surface area (Å²) in [6.07, 6.45) is 0.856. The summed E-state index contributed by atoms with van der Waals surface area (Å²) < 4.78 is 0. The Morgan fingerprint density at radius 2 is 2.18 bits per heavy atom. The summed E-state index contributed by atoms with van der Waals surface area (Å²) in [7, 11) is 3.98. The first-order chi connectivity index (χ1) is 5.04. The Morgan fingerprint density at radius 3 is 2.45 bits per heavy atom. The van der Waals surface area contributed by atoms with Crippen LogP contribution in [0.15, 0.2) is 0 Å². The van der Waals surface area contributed by atoms with Crippen molar-refractivity contribution in [3.05, 3.63) is 0 Å². The molecule has 64 valence electrons. The molecule has 0 aromatic carbocycles. The highest BCUT2D eigenvalue weighted by Crippen LogP contribution is 2.42. The second-order valence-corrected chi connectivity index (χ2v) is 3.55. The topological polar surface area (TPSA) is 40.5 Å². The van der Waals surface area contributed by atoms with Crippen LogP contribution in [0.5, 0.6) is 0 Å². The average molecular weight is 157 g/mol. The number of nitrogens with zero attached hydrogens (tertiary/aromatic N) is 1. The van der Waals surface area contributed by atoms with E-state index in [9.17, 15) is 4.79 Å². The van der Waals surface area contributed by atoms with E-state index < -0.39 is 5.97 Å². The minimum atomic E-state index is -0.635. The average Bonchev–Trinajstić information content (AvgIpc) is 2.63. The largest absolute Gasteiger partial charge is 0.481 e. The van der Waals surface area contributed by atoms with Gasteiger partial charge in [0, 0.05) is 6.04 Å². The first kappa shape index (κ1) is 8.53. The van der Waals surface area contributed by atoms with E-state index in [2.05, 4.69) is 11.8 Å². The maximum Gasteiger partial charge on any atom is 0.306 e. The van der Waals surface area contributed by atoms with Crippen molar-refractivity contribution in [2.24, 2.45) is 11.8 Å². The predicted octanol–water partition coefficient (Wildman–Crippen LogP) is 0.657. The standard InChI is InChI=1S/C8H15NO2/c1-5(9(2)3)6-4-7(6)8(10)11/h5-7H,4H2,1-3H3,(H,10,11). The van der Waals surface area contributed by atoms with Crippen LogP contribution in [0.1, 0.15) is 13.3 Å². The van der Waals surface area contributed by atoms with Gasteiger partial charge in [-0.15, -0.1) is 0 Å². The lowest BCUT2D eigenvalue weighted by Crippen LogP contribution is -2.27. The summed E-state index contributed by atoms with van der Waals surface area (Å²) in [5, 5.41) is 8.64. The van der Waals surface area contributed by atoms with Gasteiger partial charge in [0.05, 0.1) is 5.92 Å². The number of rotatable bonds is 3. The van der Waals surface area contributed by atoms with Crippen LogP contribution < -0.4 is 0 Å². The molecular weight excluding hydrogens is 142 g/mol. The van der Waals surface area contributed by atoms with Crippen LogP contribution in [0.25, 0.3) is 0 Å². The number of hydrogen-bond donors (Lipinski definition) is 1. The molecule has 1 aliphatic carbocycles. The van der Waals surface area contributed by atoms with Crippen molar-refractivity contribution in [2.45, 2.75) is 19.4 Å². The van der Waals surface area contributed by atoms with Crippen LogP contribution in [-0.2, 0) is 4.79 Å². The van der Waals surface area contributed by atoms with E-state index in [1.54, 1.807) is 0 Å². The first-order valence-electron chi connectivity index (χ1n) is 3.93. The van der Waals surface area contributed by atoms with Crippen LogP contribution in [0.3, 0.4) is 0 Å². The van der Waals surface area contributed by atoms with Crippen LogP contribution in [-0.4, -0.2) is 36.1 Å². The number of carboxylic acid groups (broad SMARTS) is 1. The minimum absolute atomic E-state index is 0.0765. The van der Waals surface area contributed by atoms with E-state index in [1.807, 2.05) is 14.1 Å². The maximum absolute atomic E-state index is 10.5. The SMILES string of the molecule is CC(C1CC1C(=O)O)N(C)C. The Bertz CT molecular complexity index is 167. The smallest absolute Gasteiger partial charge is 0.306 e. The number of carbonyl (C=O) groups is 1. The highest BCUT2D eigenvalue weighted by Gasteiger charge is 2.46. The van der Waals surface area contributed by atoms with Crippen molar-refractivity contribution in [2.75, 3.05) is 14.1 Å². The fourth-order valence-corrected chi connectivity index (χ4v) is 1.41. The van der Waals surface area contributed by atoms with Gasteiger partial charge < -0.3 is 10.0 Å². The lowest BCUT2D eigenvalue weighted by atomic mass is 10.1. The molecule has 3 unspecified atom stereocenters. The van der Waals surface area contributed by atoms with Gasteiger partial charge in [-0.1, -0.05) is 0 Å². The minimum Gasteiger partial charge on any atom is -0.481 e. The third-order valence-electron chi connectivity index (χ3n) is 2.59. The van der Waals surface area contributed by atoms with Gasteiger partial charge in [-0.2, -0.15) is 0 Å². The zero-order chi connectivity index (χ0) is 8.59. The van der Waals surface area contributed by atoms with Gasteiger partial charge in [0.2, 0.25) is 0 Å². The Kier molecular flexibility index (Phi) is 2.18. The molecule has 1 aliphatic rings. The first-order valence-corrected chi connectivity index (χ1v) is 3.93. The molecule has 0 amide bonds. The molecule has 0 aromatic heterocycles. The van der Waals surface area contributed by atoms with Gasteiger partial charge in [0.15, 0.2) is 0 Å². The molecule has 0 aromatic rings. The lowest BCUT2D eigenvalue weighted by molar-refractivity contribution is -0.139. The molecule has 0 bridgehead atoms. The molecule has 0 spiro atoms. The Labute approximate surface area is 67.0 Å². The van der Waals surface area contributed by atoms with E-state index >= 15 is 0 Å². The van der Waals surface area contributed by atoms with Gasteiger partial charge in [0.1, 0.15) is 0 Å². The predicted molar refractivity (Wildman–Crippen MR) is 42.4 cm³/mol. The molecule has 0 saturated heterocycles. The van der Waals surface area contributed by atoms with E-state index in [4.69, 9.17) is 5.11 Å². The van der Waals surface area contributed by atoms with Gasteiger partial charge in [-0.3, -0.25) is 4.79 Å². The third-order valence-corrected chi connectivity index (χ3v) is 2.59. The van der Waals surface area contributed by atoms with Crippen molar-refractivity contribution < 1.29 is 9.90 Å². The summed E-state index contributed by atoms with van der Waals surface area (Å²) in [4.78, 5) is 12.6. The van der Waals surface area contributed by atoms with Crippen LogP contribution in [0.2, 0.25) is 0 Å². The number of aliphatic carboxylic acids is 1. The molecule has 0 radical (unpaired) electrons. The normalized spacial score (nSPS) is 32.0. The Balaban J connectivity index is 2.37. The highest BCUT2D eigenvalue weighted by atomic mass is 16.4. The molecule has 3 atom stereocenters.